The zero-order chi connectivity index (χ0) is 41.7. The van der Waals surface area contributed by atoms with E-state index in [1.807, 2.05) is 60.7 Å². The minimum atomic E-state index is 0.628. The maximum atomic E-state index is 5.30. The predicted octanol–water partition coefficient (Wildman–Crippen LogP) is 14.7. The molecule has 0 atom stereocenters. The lowest BCUT2D eigenvalue weighted by Gasteiger charge is -2.12. The third-order valence-corrected chi connectivity index (χ3v) is 12.0. The molecule has 0 saturated carbocycles. The zero-order valence-corrected chi connectivity index (χ0v) is 34.1. The third kappa shape index (κ3) is 6.42. The van der Waals surface area contributed by atoms with E-state index in [0.29, 0.717) is 17.5 Å². The second-order valence-corrected chi connectivity index (χ2v) is 15.8. The SMILES string of the molecule is c1ccc(-c2nc(-c3ccccc3)nc(-c3cccc(-c4cccc(-c5cccc6c5c5cc7c(-c8ccccc8)nc8ccccc8c7cc5n6-c5ccccc5)c4)c3)n2)cc1. The fourth-order valence-corrected chi connectivity index (χ4v) is 9.06. The van der Waals surface area contributed by atoms with Crippen molar-refractivity contribution in [3.05, 3.63) is 224 Å². The van der Waals surface area contributed by atoms with Crippen LogP contribution in [-0.2, 0) is 0 Å². The standard InChI is InChI=1S/C58H37N5/c1-5-18-38(19-6-1)55-49-36-50-53(37-48(49)47-30-13-14-32-51(47)59-55)63(45-28-11-4-12-29-45)52-33-17-31-46(54(50)52)43-26-15-24-41(34-43)42-25-16-27-44(35-42)58-61-56(39-20-7-2-8-21-39)60-57(62-58)40-22-9-3-10-23-40/h1-37H. The molecule has 12 aromatic rings. The van der Waals surface area contributed by atoms with Gasteiger partial charge in [0.05, 0.1) is 22.2 Å². The number of hydrogen-bond acceptors (Lipinski definition) is 4. The highest BCUT2D eigenvalue weighted by Gasteiger charge is 2.20. The quantitative estimate of drug-likeness (QED) is 0.151. The molecule has 12 rings (SSSR count). The minimum absolute atomic E-state index is 0.628. The van der Waals surface area contributed by atoms with Gasteiger partial charge < -0.3 is 4.57 Å². The molecule has 0 unspecified atom stereocenters. The Morgan fingerprint density at radius 1 is 0.286 bits per heavy atom. The molecule has 0 saturated heterocycles. The van der Waals surface area contributed by atoms with Gasteiger partial charge in [0.25, 0.3) is 0 Å². The number of para-hydroxylation sites is 2. The van der Waals surface area contributed by atoms with E-state index in [0.717, 1.165) is 83.2 Å². The van der Waals surface area contributed by atoms with Gasteiger partial charge in [-0.3, -0.25) is 0 Å². The van der Waals surface area contributed by atoms with Crippen LogP contribution in [-0.4, -0.2) is 24.5 Å². The van der Waals surface area contributed by atoms with Gasteiger partial charge in [-0.05, 0) is 76.2 Å². The Hall–Kier alpha value is -8.54. The lowest BCUT2D eigenvalue weighted by molar-refractivity contribution is 1.07. The van der Waals surface area contributed by atoms with E-state index in [4.69, 9.17) is 19.9 Å². The van der Waals surface area contributed by atoms with Crippen LogP contribution in [0, 0.1) is 0 Å². The molecule has 294 valence electrons. The van der Waals surface area contributed by atoms with E-state index >= 15 is 0 Å². The third-order valence-electron chi connectivity index (χ3n) is 12.0. The number of rotatable bonds is 7. The van der Waals surface area contributed by atoms with Crippen molar-refractivity contribution in [2.45, 2.75) is 0 Å². The zero-order valence-electron chi connectivity index (χ0n) is 34.1. The van der Waals surface area contributed by atoms with Crippen LogP contribution in [0.15, 0.2) is 224 Å². The van der Waals surface area contributed by atoms with Crippen molar-refractivity contribution in [2.24, 2.45) is 0 Å². The summed E-state index contributed by atoms with van der Waals surface area (Å²) in [6.07, 6.45) is 0. The Labute approximate surface area is 364 Å². The van der Waals surface area contributed by atoms with Crippen LogP contribution in [0.3, 0.4) is 0 Å². The smallest absolute Gasteiger partial charge is 0.164 e. The molecule has 5 heteroatoms. The van der Waals surface area contributed by atoms with Crippen LogP contribution < -0.4 is 0 Å². The molecule has 63 heavy (non-hydrogen) atoms. The highest BCUT2D eigenvalue weighted by molar-refractivity contribution is 6.22. The number of aromatic nitrogens is 5. The van der Waals surface area contributed by atoms with Gasteiger partial charge in [0.15, 0.2) is 17.5 Å². The fraction of sp³-hybridized carbons (Fsp3) is 0. The summed E-state index contributed by atoms with van der Waals surface area (Å²) in [6.45, 7) is 0. The normalized spacial score (nSPS) is 11.5. The lowest BCUT2D eigenvalue weighted by Crippen LogP contribution is -2.00. The van der Waals surface area contributed by atoms with Crippen LogP contribution in [0.2, 0.25) is 0 Å². The first kappa shape index (κ1) is 36.3. The monoisotopic (exact) mass is 803 g/mol. The second-order valence-electron chi connectivity index (χ2n) is 15.8. The second kappa shape index (κ2) is 15.2. The molecule has 0 N–H and O–H groups in total. The first-order chi connectivity index (χ1) is 31.2. The summed E-state index contributed by atoms with van der Waals surface area (Å²) in [5, 5.41) is 5.82. The average Bonchev–Trinajstić information content (AvgIpc) is 3.70. The summed E-state index contributed by atoms with van der Waals surface area (Å²) >= 11 is 0. The van der Waals surface area contributed by atoms with Gasteiger partial charge in [-0.2, -0.15) is 0 Å². The van der Waals surface area contributed by atoms with E-state index in [-0.39, 0.29) is 0 Å². The maximum absolute atomic E-state index is 5.30. The molecular formula is C58H37N5. The fourth-order valence-electron chi connectivity index (χ4n) is 9.06. The van der Waals surface area contributed by atoms with Crippen molar-refractivity contribution < 1.29 is 0 Å². The lowest BCUT2D eigenvalue weighted by atomic mass is 9.94. The molecular weight excluding hydrogens is 767 g/mol. The molecule has 3 heterocycles. The minimum Gasteiger partial charge on any atom is -0.309 e. The van der Waals surface area contributed by atoms with Crippen LogP contribution in [0.5, 0.6) is 0 Å². The summed E-state index contributed by atoms with van der Waals surface area (Å²) in [4.78, 5) is 20.3. The largest absolute Gasteiger partial charge is 0.309 e. The summed E-state index contributed by atoms with van der Waals surface area (Å²) < 4.78 is 2.42. The molecule has 9 aromatic carbocycles. The topological polar surface area (TPSA) is 56.5 Å². The van der Waals surface area contributed by atoms with Crippen LogP contribution >= 0.6 is 0 Å². The van der Waals surface area contributed by atoms with Crippen LogP contribution in [0.4, 0.5) is 0 Å². The van der Waals surface area contributed by atoms with Gasteiger partial charge in [-0.25, -0.2) is 19.9 Å². The number of benzene rings is 9. The molecule has 0 radical (unpaired) electrons. The van der Waals surface area contributed by atoms with Crippen molar-refractivity contribution in [1.29, 1.82) is 0 Å². The first-order valence-electron chi connectivity index (χ1n) is 21.2. The van der Waals surface area contributed by atoms with Crippen molar-refractivity contribution in [2.75, 3.05) is 0 Å². The summed E-state index contributed by atoms with van der Waals surface area (Å²) in [6, 6.07) is 78.8. The Balaban J connectivity index is 1.05. The molecule has 0 spiro atoms. The molecule has 0 amide bonds. The van der Waals surface area contributed by atoms with Gasteiger partial charge in [0.1, 0.15) is 0 Å². The highest BCUT2D eigenvalue weighted by atomic mass is 15.0. The summed E-state index contributed by atoms with van der Waals surface area (Å²) in [5.41, 5.74) is 13.8. The molecule has 0 aliphatic rings. The Morgan fingerprint density at radius 3 is 1.46 bits per heavy atom. The molecule has 0 fully saturated rings. The predicted molar refractivity (Wildman–Crippen MR) is 260 cm³/mol. The van der Waals surface area contributed by atoms with Crippen molar-refractivity contribution in [3.8, 4) is 73.4 Å². The van der Waals surface area contributed by atoms with Crippen molar-refractivity contribution in [1.82, 2.24) is 24.5 Å². The summed E-state index contributed by atoms with van der Waals surface area (Å²) in [7, 11) is 0. The molecule has 5 nitrogen and oxygen atoms in total. The van der Waals surface area contributed by atoms with Gasteiger partial charge in [0, 0.05) is 49.5 Å². The van der Waals surface area contributed by atoms with E-state index in [2.05, 4.69) is 168 Å². The average molecular weight is 804 g/mol. The van der Waals surface area contributed by atoms with Gasteiger partial charge in [-0.15, -0.1) is 0 Å². The number of fused-ring (bicyclic) bond motifs is 6. The van der Waals surface area contributed by atoms with Gasteiger partial charge in [0.2, 0.25) is 0 Å². The molecule has 3 aromatic heterocycles. The molecule has 0 aliphatic heterocycles. The van der Waals surface area contributed by atoms with E-state index in [1.54, 1.807) is 0 Å². The first-order valence-corrected chi connectivity index (χ1v) is 21.2. The van der Waals surface area contributed by atoms with Crippen LogP contribution in [0.25, 0.3) is 117 Å². The van der Waals surface area contributed by atoms with E-state index < -0.39 is 0 Å². The Morgan fingerprint density at radius 2 is 0.794 bits per heavy atom. The summed E-state index contributed by atoms with van der Waals surface area (Å²) in [5.74, 6) is 1.91. The Kier molecular flexibility index (Phi) is 8.75. The Bertz CT molecular complexity index is 3600. The highest BCUT2D eigenvalue weighted by Crippen LogP contribution is 2.43. The van der Waals surface area contributed by atoms with Gasteiger partial charge in [-0.1, -0.05) is 176 Å². The van der Waals surface area contributed by atoms with Crippen molar-refractivity contribution in [3.63, 3.8) is 0 Å². The molecule has 0 bridgehead atoms. The van der Waals surface area contributed by atoms with E-state index in [9.17, 15) is 0 Å². The maximum Gasteiger partial charge on any atom is 0.164 e. The number of nitrogens with zero attached hydrogens (tertiary/aromatic N) is 5. The van der Waals surface area contributed by atoms with Gasteiger partial charge >= 0.3 is 0 Å². The van der Waals surface area contributed by atoms with E-state index in [1.165, 1.54) is 16.2 Å². The van der Waals surface area contributed by atoms with Crippen molar-refractivity contribution >= 4 is 43.5 Å². The number of pyridine rings is 1. The molecule has 0 aliphatic carbocycles. The van der Waals surface area contributed by atoms with Crippen LogP contribution in [0.1, 0.15) is 0 Å². The number of hydrogen-bond donors (Lipinski definition) is 0.